The van der Waals surface area contributed by atoms with Gasteiger partial charge in [-0.3, -0.25) is 9.59 Å². The van der Waals surface area contributed by atoms with Gasteiger partial charge in [0.1, 0.15) is 29.0 Å². The van der Waals surface area contributed by atoms with Crippen molar-refractivity contribution in [1.82, 2.24) is 9.88 Å². The number of allylic oxidation sites excluding steroid dienone is 3. The van der Waals surface area contributed by atoms with Crippen molar-refractivity contribution in [3.05, 3.63) is 81.8 Å². The molecular formula is C34H42N4O5. The van der Waals surface area contributed by atoms with Crippen LogP contribution in [0.25, 0.3) is 11.1 Å². The van der Waals surface area contributed by atoms with Gasteiger partial charge in [0.05, 0.1) is 17.4 Å². The van der Waals surface area contributed by atoms with Crippen molar-refractivity contribution in [2.45, 2.75) is 53.4 Å². The number of fused-ring (bicyclic) bond motifs is 2. The first-order valence-corrected chi connectivity index (χ1v) is 13.8. The van der Waals surface area contributed by atoms with Crippen LogP contribution in [0.5, 0.6) is 5.75 Å². The quantitative estimate of drug-likeness (QED) is 0.399. The summed E-state index contributed by atoms with van der Waals surface area (Å²) in [6, 6.07) is 8.64. The molecule has 4 N–H and O–H groups in total. The van der Waals surface area contributed by atoms with E-state index < -0.39 is 5.91 Å². The van der Waals surface area contributed by atoms with Gasteiger partial charge in [-0.1, -0.05) is 40.2 Å². The fraction of sp³-hybridized carbons (Fsp3) is 0.412. The van der Waals surface area contributed by atoms with E-state index in [2.05, 4.69) is 4.98 Å². The number of Topliss-reactive ketones (excluding diaryl/α,β-unsaturated/α-hetero) is 1. The topological polar surface area (TPSA) is 150 Å². The van der Waals surface area contributed by atoms with Gasteiger partial charge in [0.2, 0.25) is 0 Å². The van der Waals surface area contributed by atoms with Crippen LogP contribution in [0.1, 0.15) is 68.6 Å². The number of ketones is 1. The third-order valence-electron chi connectivity index (χ3n) is 7.70. The van der Waals surface area contributed by atoms with E-state index in [0.717, 1.165) is 16.7 Å². The average Bonchev–Trinajstić information content (AvgIpc) is 3.75. The molecule has 7 rings (SSSR count). The van der Waals surface area contributed by atoms with Crippen LogP contribution in [0.4, 0.5) is 0 Å². The first-order valence-electron chi connectivity index (χ1n) is 13.8. The average molecular weight is 587 g/mol. The van der Waals surface area contributed by atoms with Crippen LogP contribution in [0, 0.1) is 29.1 Å². The maximum Gasteiger partial charge on any atom is 0.252 e. The minimum atomic E-state index is -0.724. The lowest BCUT2D eigenvalue weighted by molar-refractivity contribution is -0.114. The highest BCUT2D eigenvalue weighted by Crippen LogP contribution is 2.56. The van der Waals surface area contributed by atoms with Crippen molar-refractivity contribution in [3.63, 3.8) is 0 Å². The molecule has 228 valence electrons. The number of ether oxygens (including phenoxy) is 1. The lowest BCUT2D eigenvalue weighted by Crippen LogP contribution is -2.38. The van der Waals surface area contributed by atoms with Crippen LogP contribution in [0.3, 0.4) is 0 Å². The van der Waals surface area contributed by atoms with Gasteiger partial charge >= 0.3 is 0 Å². The number of primary amides is 1. The number of phenols is 1. The van der Waals surface area contributed by atoms with Crippen molar-refractivity contribution >= 4 is 11.7 Å². The number of nitrogens with two attached hydrogens (primary N) is 1. The Balaban J connectivity index is 0.000000505. The molecule has 0 radical (unpaired) electrons. The largest absolute Gasteiger partial charge is 0.511 e. The smallest absolute Gasteiger partial charge is 0.252 e. The molecule has 5 aliphatic rings. The second-order valence-electron chi connectivity index (χ2n) is 11.5. The Bertz CT molecular complexity index is 1540. The zero-order chi connectivity index (χ0) is 29.4. The number of phenolic OH excluding ortho intramolecular Hbond substituents is 1. The van der Waals surface area contributed by atoms with Gasteiger partial charge in [-0.25, -0.2) is 4.98 Å². The summed E-state index contributed by atoms with van der Waals surface area (Å²) in [5.74, 6) is -1.20. The summed E-state index contributed by atoms with van der Waals surface area (Å²) in [6.45, 7) is 0. The number of benzene rings is 1. The summed E-state index contributed by atoms with van der Waals surface area (Å²) in [4.78, 5) is 31.9. The molecule has 2 aromatic rings. The number of carbonyl (C=O) groups is 2. The van der Waals surface area contributed by atoms with Gasteiger partial charge in [-0.15, -0.1) is 0 Å². The molecule has 1 saturated carbocycles. The molecule has 1 aromatic carbocycles. The third-order valence-corrected chi connectivity index (χ3v) is 7.70. The van der Waals surface area contributed by atoms with Gasteiger partial charge in [-0.2, -0.15) is 5.26 Å². The number of amides is 1. The number of aliphatic hydroxyl groups is 1. The van der Waals surface area contributed by atoms with Gasteiger partial charge in [0.15, 0.2) is 5.78 Å². The van der Waals surface area contributed by atoms with E-state index in [-0.39, 0.29) is 67.5 Å². The molecule has 3 unspecified atom stereocenters. The van der Waals surface area contributed by atoms with Crippen LogP contribution in [-0.2, 0) is 16.0 Å². The molecule has 1 aliphatic heterocycles. The second-order valence-corrected chi connectivity index (χ2v) is 11.5. The fourth-order valence-corrected chi connectivity index (χ4v) is 6.01. The Kier molecular flexibility index (Phi) is 10.2. The van der Waals surface area contributed by atoms with Crippen molar-refractivity contribution < 1.29 is 24.5 Å². The SMILES string of the molecule is C.C.C1CC1.CN(C)C.N#Cc1ccc(-c2ccc(O)c3c2CC2CC4CC(O)=C(C(N)=O)C5=COC(=C2C3=O)C54)cn1. The predicted molar refractivity (Wildman–Crippen MR) is 166 cm³/mol. The molecule has 0 spiro atoms. The standard InChI is InChI=1S/C26H19N3O5.C3H9N.C3H6.2CH4/c27-8-14-2-1-11(9-29-14)15-3-4-18(30)22-16(15)6-12-5-13-7-19(31)23(26(28)33)17-10-34-25(20(13)17)21(12)24(22)32;1-4(2)3;1-2-3-1;;/h1-4,9-10,12-13,20,30-31H,5-7H2,(H2,28,33);1-3H3;1-3H2;2*1H4. The number of hydrogen-bond donors (Lipinski definition) is 3. The zero-order valence-corrected chi connectivity index (χ0v) is 23.5. The van der Waals surface area contributed by atoms with E-state index in [0.29, 0.717) is 35.4 Å². The van der Waals surface area contributed by atoms with Gasteiger partial charge < -0.3 is 25.6 Å². The zero-order valence-electron chi connectivity index (χ0n) is 23.5. The summed E-state index contributed by atoms with van der Waals surface area (Å²) in [6.07, 6.45) is 8.90. The molecular weight excluding hydrogens is 544 g/mol. The number of rotatable bonds is 2. The number of nitrogens with zero attached hydrogens (tertiary/aromatic N) is 3. The molecule has 0 saturated heterocycles. The summed E-state index contributed by atoms with van der Waals surface area (Å²) >= 11 is 0. The van der Waals surface area contributed by atoms with E-state index in [1.165, 1.54) is 31.6 Å². The normalized spacial score (nSPS) is 21.9. The number of pyridine rings is 1. The highest BCUT2D eigenvalue weighted by molar-refractivity contribution is 6.14. The summed E-state index contributed by atoms with van der Waals surface area (Å²) in [5.41, 5.74) is 9.38. The Morgan fingerprint density at radius 2 is 1.77 bits per heavy atom. The highest BCUT2D eigenvalue weighted by Gasteiger charge is 2.51. The number of aliphatic hydroxyl groups excluding tert-OH is 1. The van der Waals surface area contributed by atoms with Crippen LogP contribution in [0.2, 0.25) is 0 Å². The van der Waals surface area contributed by atoms with Gasteiger partial charge in [0.25, 0.3) is 5.91 Å². The molecule has 9 nitrogen and oxygen atoms in total. The van der Waals surface area contributed by atoms with Crippen LogP contribution >= 0.6 is 0 Å². The van der Waals surface area contributed by atoms with E-state index >= 15 is 0 Å². The van der Waals surface area contributed by atoms with Crippen molar-refractivity contribution in [1.29, 1.82) is 5.26 Å². The molecule has 0 bridgehead atoms. The monoisotopic (exact) mass is 586 g/mol. The van der Waals surface area contributed by atoms with Crippen LogP contribution in [0.15, 0.2) is 65.0 Å². The molecule has 1 amide bonds. The minimum absolute atomic E-state index is 0. The second kappa shape index (κ2) is 13.3. The van der Waals surface area contributed by atoms with Gasteiger partial charge in [0, 0.05) is 35.2 Å². The van der Waals surface area contributed by atoms with Crippen LogP contribution < -0.4 is 5.73 Å². The molecule has 4 aliphatic carbocycles. The van der Waals surface area contributed by atoms with Crippen molar-refractivity contribution in [2.75, 3.05) is 21.1 Å². The first-order chi connectivity index (χ1) is 19.6. The predicted octanol–water partition coefficient (Wildman–Crippen LogP) is 5.81. The Hall–Kier alpha value is -4.42. The molecule has 2 heterocycles. The number of carbonyl (C=O) groups excluding carboxylic acids is 2. The maximum absolute atomic E-state index is 13.8. The molecule has 9 heteroatoms. The minimum Gasteiger partial charge on any atom is -0.511 e. The Labute approximate surface area is 254 Å². The van der Waals surface area contributed by atoms with Crippen molar-refractivity contribution in [3.8, 4) is 22.9 Å². The highest BCUT2D eigenvalue weighted by atomic mass is 16.5. The van der Waals surface area contributed by atoms with Crippen molar-refractivity contribution in [2.24, 2.45) is 23.5 Å². The van der Waals surface area contributed by atoms with E-state index in [9.17, 15) is 19.8 Å². The van der Waals surface area contributed by atoms with E-state index in [4.69, 9.17) is 15.7 Å². The number of nitriles is 1. The first kappa shape index (κ1) is 33.1. The maximum atomic E-state index is 13.8. The summed E-state index contributed by atoms with van der Waals surface area (Å²) in [7, 11) is 6.00. The summed E-state index contributed by atoms with van der Waals surface area (Å²) in [5, 5.41) is 30.2. The fourth-order valence-electron chi connectivity index (χ4n) is 6.01. The lowest BCUT2D eigenvalue weighted by Gasteiger charge is -2.41. The molecule has 3 atom stereocenters. The van der Waals surface area contributed by atoms with Crippen LogP contribution in [-0.4, -0.2) is 52.9 Å². The number of hydrogen-bond acceptors (Lipinski definition) is 8. The number of aromatic hydroxyl groups is 1. The van der Waals surface area contributed by atoms with E-state index in [1.807, 2.05) is 32.1 Å². The lowest BCUT2D eigenvalue weighted by atomic mass is 9.62. The third kappa shape index (κ3) is 6.35. The Morgan fingerprint density at radius 1 is 1.09 bits per heavy atom. The number of aromatic nitrogens is 1. The molecule has 1 aromatic heterocycles. The van der Waals surface area contributed by atoms with Gasteiger partial charge in [-0.05, 0) is 75.1 Å². The summed E-state index contributed by atoms with van der Waals surface area (Å²) < 4.78 is 5.86. The molecule has 1 fully saturated rings. The van der Waals surface area contributed by atoms with E-state index in [1.54, 1.807) is 24.4 Å². The molecule has 43 heavy (non-hydrogen) atoms. The Morgan fingerprint density at radius 3 is 2.33 bits per heavy atom.